The number of benzene rings is 1. The van der Waals surface area contributed by atoms with Crippen molar-refractivity contribution >= 4 is 9.84 Å². The molecule has 1 aliphatic carbocycles. The molecule has 2 rings (SSSR count). The SMILES string of the molecule is CC1(C)Cc2ccccc2C1NCCS(C)(=O)=O. The first kappa shape index (κ1) is 13.6. The Bertz CT molecular complexity index is 534. The molecule has 1 aliphatic rings. The molecule has 1 N–H and O–H groups in total. The predicted molar refractivity (Wildman–Crippen MR) is 74.4 cm³/mol. The van der Waals surface area contributed by atoms with Gasteiger partial charge in [0.05, 0.1) is 5.75 Å². The molecule has 0 spiro atoms. The monoisotopic (exact) mass is 267 g/mol. The molecule has 4 heteroatoms. The van der Waals surface area contributed by atoms with Crippen LogP contribution in [0, 0.1) is 5.41 Å². The fraction of sp³-hybridized carbons (Fsp3) is 0.571. The summed E-state index contributed by atoms with van der Waals surface area (Å²) < 4.78 is 22.3. The van der Waals surface area contributed by atoms with Crippen molar-refractivity contribution in [1.82, 2.24) is 5.32 Å². The molecule has 0 aliphatic heterocycles. The fourth-order valence-corrected chi connectivity index (χ4v) is 3.25. The first-order chi connectivity index (χ1) is 8.30. The van der Waals surface area contributed by atoms with Crippen LogP contribution >= 0.6 is 0 Å². The van der Waals surface area contributed by atoms with Crippen LogP contribution in [0.25, 0.3) is 0 Å². The second-order valence-corrected chi connectivity index (χ2v) is 8.14. The summed E-state index contributed by atoms with van der Waals surface area (Å²) in [6.45, 7) is 4.97. The Morgan fingerprint density at radius 3 is 2.67 bits per heavy atom. The van der Waals surface area contributed by atoms with Crippen molar-refractivity contribution in [3.63, 3.8) is 0 Å². The third-order valence-electron chi connectivity index (χ3n) is 3.61. The van der Waals surface area contributed by atoms with Gasteiger partial charge in [-0.1, -0.05) is 38.1 Å². The molecular weight excluding hydrogens is 246 g/mol. The quantitative estimate of drug-likeness (QED) is 0.907. The molecule has 0 amide bonds. The molecule has 3 nitrogen and oxygen atoms in total. The van der Waals surface area contributed by atoms with Crippen molar-refractivity contribution in [2.75, 3.05) is 18.6 Å². The van der Waals surface area contributed by atoms with Gasteiger partial charge >= 0.3 is 0 Å². The molecule has 0 aromatic heterocycles. The van der Waals surface area contributed by atoms with Gasteiger partial charge in [0.2, 0.25) is 0 Å². The number of hydrogen-bond acceptors (Lipinski definition) is 3. The van der Waals surface area contributed by atoms with E-state index in [0.717, 1.165) is 6.42 Å². The minimum absolute atomic E-state index is 0.140. The normalized spacial score (nSPS) is 21.8. The molecule has 1 aromatic carbocycles. The maximum absolute atomic E-state index is 11.2. The van der Waals surface area contributed by atoms with E-state index in [2.05, 4.69) is 37.4 Å². The minimum Gasteiger partial charge on any atom is -0.308 e. The molecule has 0 radical (unpaired) electrons. The first-order valence-corrected chi connectivity index (χ1v) is 8.34. The van der Waals surface area contributed by atoms with Crippen LogP contribution in [-0.4, -0.2) is 27.0 Å². The van der Waals surface area contributed by atoms with E-state index in [1.165, 1.54) is 17.4 Å². The summed E-state index contributed by atoms with van der Waals surface area (Å²) in [5.74, 6) is 0.196. The second kappa shape index (κ2) is 4.67. The third-order valence-corrected chi connectivity index (χ3v) is 4.56. The molecule has 0 fully saturated rings. The van der Waals surface area contributed by atoms with Gasteiger partial charge in [0.1, 0.15) is 9.84 Å². The molecule has 1 atom stereocenters. The topological polar surface area (TPSA) is 46.2 Å². The standard InChI is InChI=1S/C14H21NO2S/c1-14(2)10-11-6-4-5-7-12(11)13(14)15-8-9-18(3,16)17/h4-7,13,15H,8-10H2,1-3H3. The Hall–Kier alpha value is -0.870. The summed E-state index contributed by atoms with van der Waals surface area (Å²) in [6, 6.07) is 8.66. The number of hydrogen-bond donors (Lipinski definition) is 1. The van der Waals surface area contributed by atoms with E-state index in [0.29, 0.717) is 6.54 Å². The molecule has 0 heterocycles. The third kappa shape index (κ3) is 2.93. The van der Waals surface area contributed by atoms with Crippen molar-refractivity contribution in [2.24, 2.45) is 5.41 Å². The lowest BCUT2D eigenvalue weighted by atomic mass is 9.85. The zero-order valence-corrected chi connectivity index (χ0v) is 12.0. The van der Waals surface area contributed by atoms with E-state index < -0.39 is 9.84 Å². The Morgan fingerprint density at radius 2 is 2.00 bits per heavy atom. The highest BCUT2D eigenvalue weighted by atomic mass is 32.2. The molecule has 1 unspecified atom stereocenters. The average molecular weight is 267 g/mol. The maximum atomic E-state index is 11.2. The summed E-state index contributed by atoms with van der Waals surface area (Å²) in [5.41, 5.74) is 2.83. The highest BCUT2D eigenvalue weighted by Gasteiger charge is 2.38. The van der Waals surface area contributed by atoms with E-state index in [-0.39, 0.29) is 17.2 Å². The van der Waals surface area contributed by atoms with Gasteiger partial charge in [-0.05, 0) is 23.0 Å². The van der Waals surface area contributed by atoms with Crippen LogP contribution in [0.15, 0.2) is 24.3 Å². The van der Waals surface area contributed by atoms with E-state index in [1.807, 2.05) is 6.07 Å². The molecule has 0 bridgehead atoms. The zero-order valence-electron chi connectivity index (χ0n) is 11.2. The maximum Gasteiger partial charge on any atom is 0.148 e. The highest BCUT2D eigenvalue weighted by Crippen LogP contribution is 2.44. The van der Waals surface area contributed by atoms with E-state index in [4.69, 9.17) is 0 Å². The van der Waals surface area contributed by atoms with Crippen LogP contribution < -0.4 is 5.32 Å². The molecular formula is C14H21NO2S. The van der Waals surface area contributed by atoms with Gasteiger partial charge in [0.25, 0.3) is 0 Å². The summed E-state index contributed by atoms with van der Waals surface area (Å²) in [4.78, 5) is 0. The van der Waals surface area contributed by atoms with E-state index in [9.17, 15) is 8.42 Å². The largest absolute Gasteiger partial charge is 0.308 e. The van der Waals surface area contributed by atoms with Crippen LogP contribution in [-0.2, 0) is 16.3 Å². The molecule has 0 saturated carbocycles. The lowest BCUT2D eigenvalue weighted by molar-refractivity contribution is 0.273. The lowest BCUT2D eigenvalue weighted by Crippen LogP contribution is -2.34. The second-order valence-electron chi connectivity index (χ2n) is 5.88. The molecule has 1 aromatic rings. The summed E-state index contributed by atoms with van der Waals surface area (Å²) in [7, 11) is -2.89. The van der Waals surface area contributed by atoms with Crippen LogP contribution in [0.3, 0.4) is 0 Å². The summed E-state index contributed by atoms with van der Waals surface area (Å²) in [5, 5.41) is 3.41. The number of fused-ring (bicyclic) bond motifs is 1. The molecule has 18 heavy (non-hydrogen) atoms. The smallest absolute Gasteiger partial charge is 0.148 e. The van der Waals surface area contributed by atoms with Gasteiger partial charge in [-0.3, -0.25) is 0 Å². The Kier molecular flexibility index (Phi) is 3.52. The van der Waals surface area contributed by atoms with Gasteiger partial charge in [-0.2, -0.15) is 0 Å². The van der Waals surface area contributed by atoms with Crippen LogP contribution in [0.2, 0.25) is 0 Å². The van der Waals surface area contributed by atoms with Gasteiger partial charge in [0.15, 0.2) is 0 Å². The van der Waals surface area contributed by atoms with Gasteiger partial charge < -0.3 is 5.32 Å². The van der Waals surface area contributed by atoms with Crippen LogP contribution in [0.5, 0.6) is 0 Å². The van der Waals surface area contributed by atoms with Crippen molar-refractivity contribution < 1.29 is 8.42 Å². The van der Waals surface area contributed by atoms with Gasteiger partial charge in [0, 0.05) is 18.8 Å². The van der Waals surface area contributed by atoms with E-state index >= 15 is 0 Å². The van der Waals surface area contributed by atoms with Crippen LogP contribution in [0.4, 0.5) is 0 Å². The van der Waals surface area contributed by atoms with Crippen LogP contribution in [0.1, 0.15) is 31.0 Å². The van der Waals surface area contributed by atoms with E-state index in [1.54, 1.807) is 0 Å². The predicted octanol–water partition coefficient (Wildman–Crippen LogP) is 1.94. The summed E-state index contributed by atoms with van der Waals surface area (Å²) >= 11 is 0. The minimum atomic E-state index is -2.89. The van der Waals surface area contributed by atoms with Crippen molar-refractivity contribution in [1.29, 1.82) is 0 Å². The van der Waals surface area contributed by atoms with Gasteiger partial charge in [-0.25, -0.2) is 8.42 Å². The highest BCUT2D eigenvalue weighted by molar-refractivity contribution is 7.90. The fourth-order valence-electron chi connectivity index (χ4n) is 2.77. The van der Waals surface area contributed by atoms with Crippen molar-refractivity contribution in [3.8, 4) is 0 Å². The Labute approximate surface area is 110 Å². The molecule has 0 saturated heterocycles. The number of rotatable bonds is 4. The zero-order chi connectivity index (χ0) is 13.4. The Morgan fingerprint density at radius 1 is 1.33 bits per heavy atom. The first-order valence-electron chi connectivity index (χ1n) is 6.28. The summed E-state index contributed by atoms with van der Waals surface area (Å²) in [6.07, 6.45) is 2.32. The van der Waals surface area contributed by atoms with Gasteiger partial charge in [-0.15, -0.1) is 0 Å². The van der Waals surface area contributed by atoms with Crippen molar-refractivity contribution in [3.05, 3.63) is 35.4 Å². The average Bonchev–Trinajstić information content (AvgIpc) is 2.48. The van der Waals surface area contributed by atoms with Crippen molar-refractivity contribution in [2.45, 2.75) is 26.3 Å². The lowest BCUT2D eigenvalue weighted by Gasteiger charge is -2.28. The number of sulfone groups is 1. The number of nitrogens with one attached hydrogen (secondary N) is 1. The molecule has 100 valence electrons. The Balaban J connectivity index is 2.11.